The van der Waals surface area contributed by atoms with Crippen molar-refractivity contribution in [3.63, 3.8) is 0 Å². The molecule has 0 aliphatic heterocycles. The lowest BCUT2D eigenvalue weighted by molar-refractivity contribution is 0.218. The first-order valence-corrected chi connectivity index (χ1v) is 4.83. The summed E-state index contributed by atoms with van der Waals surface area (Å²) >= 11 is 0. The maximum absolute atomic E-state index is 11.1. The summed E-state index contributed by atoms with van der Waals surface area (Å²) in [5, 5.41) is 5.59. The number of nitrogens with zero attached hydrogens (tertiary/aromatic N) is 2. The number of aromatic amines is 1. The average Bonchev–Trinajstić information content (AvgIpc) is 2.24. The predicted octanol–water partition coefficient (Wildman–Crippen LogP) is -0.547. The van der Waals surface area contributed by atoms with Crippen molar-refractivity contribution >= 4 is 11.8 Å². The van der Waals surface area contributed by atoms with Crippen LogP contribution in [0.1, 0.15) is 0 Å². The number of rotatable bonds is 4. The molecule has 0 spiro atoms. The van der Waals surface area contributed by atoms with Gasteiger partial charge in [-0.05, 0) is 0 Å². The largest absolute Gasteiger partial charge is 0.368 e. The van der Waals surface area contributed by atoms with E-state index in [1.54, 1.807) is 14.1 Å². The molecule has 7 nitrogen and oxygen atoms in total. The van der Waals surface area contributed by atoms with Crippen LogP contribution in [-0.2, 0) is 0 Å². The molecule has 0 saturated carbocycles. The molecule has 1 aromatic rings. The first-order chi connectivity index (χ1) is 7.59. The summed E-state index contributed by atoms with van der Waals surface area (Å²) in [6.07, 6.45) is 1.32. The number of anilines is 1. The van der Waals surface area contributed by atoms with Crippen LogP contribution in [-0.4, -0.2) is 48.1 Å². The third-order valence-corrected chi connectivity index (χ3v) is 1.79. The molecule has 88 valence electrons. The number of nitrogens with one attached hydrogen (secondary N) is 3. The molecule has 0 radical (unpaired) electrons. The number of amides is 2. The zero-order valence-corrected chi connectivity index (χ0v) is 9.28. The van der Waals surface area contributed by atoms with E-state index in [0.717, 1.165) is 0 Å². The summed E-state index contributed by atoms with van der Waals surface area (Å²) in [5.74, 6) is 0.489. The minimum atomic E-state index is -0.213. The van der Waals surface area contributed by atoms with Gasteiger partial charge in [0.15, 0.2) is 0 Å². The van der Waals surface area contributed by atoms with E-state index in [1.807, 2.05) is 0 Å². The number of aromatic nitrogens is 2. The van der Waals surface area contributed by atoms with Crippen LogP contribution in [0.25, 0.3) is 0 Å². The summed E-state index contributed by atoms with van der Waals surface area (Å²) < 4.78 is 0. The molecular formula is C9H15N5O2. The molecule has 0 saturated heterocycles. The van der Waals surface area contributed by atoms with Gasteiger partial charge in [0, 0.05) is 33.3 Å². The van der Waals surface area contributed by atoms with Crippen LogP contribution in [0.3, 0.4) is 0 Å². The van der Waals surface area contributed by atoms with E-state index >= 15 is 0 Å². The zero-order chi connectivity index (χ0) is 12.0. The highest BCUT2D eigenvalue weighted by atomic mass is 16.2. The Labute approximate surface area is 92.9 Å². The van der Waals surface area contributed by atoms with E-state index in [0.29, 0.717) is 18.9 Å². The number of carbonyl (C=O) groups excluding carboxylic acids is 1. The van der Waals surface area contributed by atoms with Gasteiger partial charge in [-0.1, -0.05) is 0 Å². The molecule has 0 aliphatic rings. The minimum absolute atomic E-state index is 0.152. The van der Waals surface area contributed by atoms with E-state index < -0.39 is 0 Å². The predicted molar refractivity (Wildman–Crippen MR) is 60.4 cm³/mol. The highest BCUT2D eigenvalue weighted by Gasteiger charge is 2.00. The van der Waals surface area contributed by atoms with Crippen molar-refractivity contribution in [3.8, 4) is 0 Å². The molecule has 2 amide bonds. The van der Waals surface area contributed by atoms with Crippen molar-refractivity contribution in [2.75, 3.05) is 32.5 Å². The molecule has 0 aromatic carbocycles. The van der Waals surface area contributed by atoms with E-state index in [9.17, 15) is 9.59 Å². The smallest absolute Gasteiger partial charge is 0.316 e. The van der Waals surface area contributed by atoms with Crippen molar-refractivity contribution in [3.05, 3.63) is 22.7 Å². The second-order valence-electron chi connectivity index (χ2n) is 3.35. The lowest BCUT2D eigenvalue weighted by Gasteiger charge is -2.12. The maximum atomic E-state index is 11.1. The maximum Gasteiger partial charge on any atom is 0.316 e. The summed E-state index contributed by atoms with van der Waals surface area (Å²) in [4.78, 5) is 29.8. The van der Waals surface area contributed by atoms with Crippen molar-refractivity contribution in [2.45, 2.75) is 0 Å². The first kappa shape index (κ1) is 12.0. The van der Waals surface area contributed by atoms with Crippen LogP contribution in [0.4, 0.5) is 10.6 Å². The second kappa shape index (κ2) is 5.74. The van der Waals surface area contributed by atoms with Gasteiger partial charge >= 0.3 is 6.03 Å². The van der Waals surface area contributed by atoms with Gasteiger partial charge < -0.3 is 20.5 Å². The SMILES string of the molecule is CN(C)C(=O)NCCNc1cc(=O)[nH]cn1. The van der Waals surface area contributed by atoms with Crippen molar-refractivity contribution in [1.82, 2.24) is 20.2 Å². The van der Waals surface area contributed by atoms with Crippen molar-refractivity contribution < 1.29 is 4.79 Å². The number of H-pyrrole nitrogens is 1. The Bertz CT molecular complexity index is 401. The summed E-state index contributed by atoms with van der Waals surface area (Å²) in [7, 11) is 3.34. The molecule has 0 atom stereocenters. The van der Waals surface area contributed by atoms with Crippen LogP contribution < -0.4 is 16.2 Å². The van der Waals surface area contributed by atoms with Gasteiger partial charge in [-0.15, -0.1) is 0 Å². The van der Waals surface area contributed by atoms with Crippen LogP contribution in [0.15, 0.2) is 17.2 Å². The van der Waals surface area contributed by atoms with Gasteiger partial charge in [-0.3, -0.25) is 4.79 Å². The molecule has 16 heavy (non-hydrogen) atoms. The molecular weight excluding hydrogens is 210 g/mol. The zero-order valence-electron chi connectivity index (χ0n) is 9.28. The van der Waals surface area contributed by atoms with E-state index in [2.05, 4.69) is 20.6 Å². The molecule has 7 heteroatoms. The normalized spacial score (nSPS) is 9.62. The molecule has 1 rings (SSSR count). The Hall–Kier alpha value is -2.05. The third-order valence-electron chi connectivity index (χ3n) is 1.79. The highest BCUT2D eigenvalue weighted by molar-refractivity contribution is 5.73. The fraction of sp³-hybridized carbons (Fsp3) is 0.444. The van der Waals surface area contributed by atoms with E-state index in [-0.39, 0.29) is 11.6 Å². The first-order valence-electron chi connectivity index (χ1n) is 4.83. The molecule has 1 heterocycles. The fourth-order valence-electron chi connectivity index (χ4n) is 0.983. The average molecular weight is 225 g/mol. The molecule has 0 bridgehead atoms. The Morgan fingerprint density at radius 1 is 1.50 bits per heavy atom. The standard InChI is InChI=1S/C9H15N5O2/c1-14(2)9(16)11-4-3-10-7-5-8(15)13-6-12-7/h5-6H,3-4H2,1-2H3,(H,11,16)(H2,10,12,13,15). The fourth-order valence-corrected chi connectivity index (χ4v) is 0.983. The Balaban J connectivity index is 2.26. The van der Waals surface area contributed by atoms with Crippen molar-refractivity contribution in [2.24, 2.45) is 0 Å². The Morgan fingerprint density at radius 3 is 2.88 bits per heavy atom. The molecule has 3 N–H and O–H groups in total. The lowest BCUT2D eigenvalue weighted by Crippen LogP contribution is -2.37. The van der Waals surface area contributed by atoms with Crippen LogP contribution in [0.2, 0.25) is 0 Å². The number of hydrogen-bond donors (Lipinski definition) is 3. The minimum Gasteiger partial charge on any atom is -0.368 e. The van der Waals surface area contributed by atoms with Crippen LogP contribution in [0, 0.1) is 0 Å². The van der Waals surface area contributed by atoms with Gasteiger partial charge in [0.25, 0.3) is 5.56 Å². The second-order valence-corrected chi connectivity index (χ2v) is 3.35. The lowest BCUT2D eigenvalue weighted by atomic mass is 10.5. The summed E-state index contributed by atoms with van der Waals surface area (Å²) in [5.41, 5.74) is -0.213. The van der Waals surface area contributed by atoms with Gasteiger partial charge in [0.2, 0.25) is 0 Å². The third kappa shape index (κ3) is 3.99. The highest BCUT2D eigenvalue weighted by Crippen LogP contribution is 1.92. The molecule has 0 aliphatic carbocycles. The molecule has 0 unspecified atom stereocenters. The van der Waals surface area contributed by atoms with Crippen molar-refractivity contribution in [1.29, 1.82) is 0 Å². The van der Waals surface area contributed by atoms with Crippen LogP contribution >= 0.6 is 0 Å². The monoisotopic (exact) mass is 225 g/mol. The van der Waals surface area contributed by atoms with Gasteiger partial charge in [-0.25, -0.2) is 9.78 Å². The van der Waals surface area contributed by atoms with E-state index in [1.165, 1.54) is 17.3 Å². The van der Waals surface area contributed by atoms with Crippen LogP contribution in [0.5, 0.6) is 0 Å². The summed E-state index contributed by atoms with van der Waals surface area (Å²) in [6, 6.07) is 1.20. The topological polar surface area (TPSA) is 90.1 Å². The number of carbonyl (C=O) groups is 1. The number of urea groups is 1. The van der Waals surface area contributed by atoms with Gasteiger partial charge in [-0.2, -0.15) is 0 Å². The quantitative estimate of drug-likeness (QED) is 0.600. The molecule has 0 fully saturated rings. The molecule has 1 aromatic heterocycles. The van der Waals surface area contributed by atoms with E-state index in [4.69, 9.17) is 0 Å². The number of hydrogen-bond acceptors (Lipinski definition) is 4. The Kier molecular flexibility index (Phi) is 4.31. The Morgan fingerprint density at radius 2 is 2.25 bits per heavy atom. The van der Waals surface area contributed by atoms with Gasteiger partial charge in [0.05, 0.1) is 6.33 Å². The summed E-state index contributed by atoms with van der Waals surface area (Å²) in [6.45, 7) is 0.974. The van der Waals surface area contributed by atoms with Gasteiger partial charge in [0.1, 0.15) is 5.82 Å².